The molecule has 1 heterocycles. The highest BCUT2D eigenvalue weighted by molar-refractivity contribution is 7.97. The van der Waals surface area contributed by atoms with Crippen molar-refractivity contribution in [3.05, 3.63) is 5.89 Å². The van der Waals surface area contributed by atoms with E-state index in [9.17, 15) is 0 Å². The number of aromatic nitrogens is 2. The van der Waals surface area contributed by atoms with Gasteiger partial charge >= 0.3 is 0 Å². The summed E-state index contributed by atoms with van der Waals surface area (Å²) in [5, 5.41) is 3.76. The third kappa shape index (κ3) is 2.11. The minimum Gasteiger partial charge on any atom is -0.344 e. The predicted molar refractivity (Wildman–Crippen MR) is 45.8 cm³/mol. The molecule has 0 saturated carbocycles. The summed E-state index contributed by atoms with van der Waals surface area (Å²) in [4.78, 5) is 5.94. The average Bonchev–Trinajstić information content (AvgIpc) is 2.37. The molecule has 11 heavy (non-hydrogen) atoms. The van der Waals surface area contributed by atoms with Gasteiger partial charge in [-0.25, -0.2) is 0 Å². The Labute approximate surface area is 70.0 Å². The van der Waals surface area contributed by atoms with E-state index >= 15 is 0 Å². The van der Waals surface area contributed by atoms with Crippen molar-refractivity contribution < 1.29 is 4.52 Å². The first-order valence-corrected chi connectivity index (χ1v) is 4.62. The SMILES string of the molecule is CSCc1nc(N(C)C)no1. The highest BCUT2D eigenvalue weighted by Gasteiger charge is 2.05. The molecule has 0 saturated heterocycles. The van der Waals surface area contributed by atoms with Crippen molar-refractivity contribution in [1.82, 2.24) is 10.1 Å². The van der Waals surface area contributed by atoms with E-state index < -0.39 is 0 Å². The minimum absolute atomic E-state index is 0.633. The van der Waals surface area contributed by atoms with E-state index in [1.807, 2.05) is 25.3 Å². The normalized spacial score (nSPS) is 10.1. The lowest BCUT2D eigenvalue weighted by atomic mass is 10.7. The number of hydrogen-bond acceptors (Lipinski definition) is 5. The van der Waals surface area contributed by atoms with Crippen LogP contribution in [0.15, 0.2) is 4.52 Å². The quantitative estimate of drug-likeness (QED) is 0.682. The van der Waals surface area contributed by atoms with Gasteiger partial charge in [0.2, 0.25) is 5.89 Å². The standard InChI is InChI=1S/C6H11N3OS/c1-9(2)6-7-5(4-11-3)10-8-6/h4H2,1-3H3. The van der Waals surface area contributed by atoms with Crippen LogP contribution in [-0.4, -0.2) is 30.5 Å². The molecule has 0 unspecified atom stereocenters. The Hall–Kier alpha value is -0.710. The van der Waals surface area contributed by atoms with Gasteiger partial charge in [0.15, 0.2) is 0 Å². The molecule has 4 nitrogen and oxygen atoms in total. The van der Waals surface area contributed by atoms with Crippen molar-refractivity contribution in [2.45, 2.75) is 5.75 Å². The molecular weight excluding hydrogens is 162 g/mol. The lowest BCUT2D eigenvalue weighted by Crippen LogP contribution is -2.10. The molecule has 0 aliphatic rings. The Balaban J connectivity index is 2.66. The van der Waals surface area contributed by atoms with Crippen LogP contribution in [0.3, 0.4) is 0 Å². The van der Waals surface area contributed by atoms with Crippen LogP contribution in [-0.2, 0) is 5.75 Å². The van der Waals surface area contributed by atoms with Crippen LogP contribution in [0, 0.1) is 0 Å². The molecule has 0 aliphatic carbocycles. The van der Waals surface area contributed by atoms with Gasteiger partial charge in [-0.05, 0) is 11.4 Å². The van der Waals surface area contributed by atoms with Crippen LogP contribution in [0.4, 0.5) is 5.95 Å². The summed E-state index contributed by atoms with van der Waals surface area (Å²) in [6.45, 7) is 0. The Morgan fingerprint density at radius 1 is 1.55 bits per heavy atom. The Bertz CT molecular complexity index is 223. The van der Waals surface area contributed by atoms with Crippen molar-refractivity contribution >= 4 is 17.7 Å². The molecule has 0 N–H and O–H groups in total. The fourth-order valence-corrected chi connectivity index (χ4v) is 0.974. The summed E-state index contributed by atoms with van der Waals surface area (Å²) in [5.74, 6) is 2.09. The number of nitrogens with zero attached hydrogens (tertiary/aromatic N) is 3. The predicted octanol–water partition coefficient (Wildman–Crippen LogP) is 0.999. The van der Waals surface area contributed by atoms with Crippen LogP contribution in [0.25, 0.3) is 0 Å². The smallest absolute Gasteiger partial charge is 0.265 e. The van der Waals surface area contributed by atoms with E-state index in [0.29, 0.717) is 11.8 Å². The van der Waals surface area contributed by atoms with Gasteiger partial charge in [0.25, 0.3) is 5.95 Å². The van der Waals surface area contributed by atoms with Crippen LogP contribution >= 0.6 is 11.8 Å². The lowest BCUT2D eigenvalue weighted by Gasteiger charge is -2.02. The third-order valence-corrected chi connectivity index (χ3v) is 1.66. The maximum absolute atomic E-state index is 4.94. The molecule has 0 amide bonds. The fraction of sp³-hybridized carbons (Fsp3) is 0.667. The second-order valence-electron chi connectivity index (χ2n) is 2.32. The van der Waals surface area contributed by atoms with Crippen molar-refractivity contribution in [1.29, 1.82) is 0 Å². The molecule has 0 atom stereocenters. The van der Waals surface area contributed by atoms with Gasteiger partial charge in [-0.1, -0.05) is 0 Å². The van der Waals surface area contributed by atoms with Gasteiger partial charge in [0.1, 0.15) is 0 Å². The van der Waals surface area contributed by atoms with Crippen LogP contribution < -0.4 is 4.90 Å². The first-order chi connectivity index (χ1) is 5.24. The molecule has 0 aliphatic heterocycles. The summed E-state index contributed by atoms with van der Waals surface area (Å²) in [6.07, 6.45) is 2.00. The van der Waals surface area contributed by atoms with Gasteiger partial charge in [-0.3, -0.25) is 0 Å². The van der Waals surface area contributed by atoms with Crippen molar-refractivity contribution in [3.63, 3.8) is 0 Å². The summed E-state index contributed by atoms with van der Waals surface area (Å²) < 4.78 is 4.94. The molecule has 0 fully saturated rings. The minimum atomic E-state index is 0.633. The monoisotopic (exact) mass is 173 g/mol. The van der Waals surface area contributed by atoms with Gasteiger partial charge in [-0.15, -0.1) is 0 Å². The Morgan fingerprint density at radius 3 is 2.73 bits per heavy atom. The zero-order valence-corrected chi connectivity index (χ0v) is 7.68. The maximum Gasteiger partial charge on any atom is 0.265 e. The van der Waals surface area contributed by atoms with Crippen molar-refractivity contribution in [2.75, 3.05) is 25.3 Å². The molecular formula is C6H11N3OS. The van der Waals surface area contributed by atoms with E-state index in [0.717, 1.165) is 5.75 Å². The maximum atomic E-state index is 4.94. The topological polar surface area (TPSA) is 42.2 Å². The zero-order chi connectivity index (χ0) is 8.27. The van der Waals surface area contributed by atoms with Gasteiger partial charge in [0.05, 0.1) is 5.75 Å². The second-order valence-corrected chi connectivity index (χ2v) is 3.18. The highest BCUT2D eigenvalue weighted by Crippen LogP contribution is 2.09. The molecule has 0 aromatic carbocycles. The van der Waals surface area contributed by atoms with Crippen molar-refractivity contribution in [2.24, 2.45) is 0 Å². The first kappa shape index (κ1) is 8.39. The number of hydrogen-bond donors (Lipinski definition) is 0. The third-order valence-electron chi connectivity index (χ3n) is 1.13. The largest absolute Gasteiger partial charge is 0.344 e. The molecule has 0 spiro atoms. The Kier molecular flexibility index (Phi) is 2.76. The van der Waals surface area contributed by atoms with E-state index in [1.165, 1.54) is 0 Å². The summed E-state index contributed by atoms with van der Waals surface area (Å²) in [6, 6.07) is 0. The summed E-state index contributed by atoms with van der Waals surface area (Å²) in [5.41, 5.74) is 0. The molecule has 1 aromatic rings. The second kappa shape index (κ2) is 3.61. The molecule has 5 heteroatoms. The molecule has 1 aromatic heterocycles. The Morgan fingerprint density at radius 2 is 2.27 bits per heavy atom. The van der Waals surface area contributed by atoms with E-state index in [-0.39, 0.29) is 0 Å². The summed E-state index contributed by atoms with van der Waals surface area (Å²) >= 11 is 1.67. The average molecular weight is 173 g/mol. The van der Waals surface area contributed by atoms with Crippen LogP contribution in [0.2, 0.25) is 0 Å². The van der Waals surface area contributed by atoms with E-state index in [4.69, 9.17) is 4.52 Å². The van der Waals surface area contributed by atoms with Gasteiger partial charge < -0.3 is 9.42 Å². The first-order valence-electron chi connectivity index (χ1n) is 3.23. The van der Waals surface area contributed by atoms with E-state index in [2.05, 4.69) is 10.1 Å². The molecule has 1 rings (SSSR count). The van der Waals surface area contributed by atoms with Crippen LogP contribution in [0.5, 0.6) is 0 Å². The fourth-order valence-electron chi connectivity index (χ4n) is 0.610. The van der Waals surface area contributed by atoms with Crippen LogP contribution in [0.1, 0.15) is 5.89 Å². The highest BCUT2D eigenvalue weighted by atomic mass is 32.2. The number of rotatable bonds is 3. The van der Waals surface area contributed by atoms with E-state index in [1.54, 1.807) is 11.8 Å². The van der Waals surface area contributed by atoms with Crippen molar-refractivity contribution in [3.8, 4) is 0 Å². The number of anilines is 1. The summed E-state index contributed by atoms with van der Waals surface area (Å²) in [7, 11) is 3.77. The zero-order valence-electron chi connectivity index (χ0n) is 6.87. The van der Waals surface area contributed by atoms with Gasteiger partial charge in [0, 0.05) is 14.1 Å². The number of thioether (sulfide) groups is 1. The lowest BCUT2D eigenvalue weighted by molar-refractivity contribution is 0.391. The molecule has 62 valence electrons. The van der Waals surface area contributed by atoms with Gasteiger partial charge in [-0.2, -0.15) is 16.7 Å². The molecule has 0 bridgehead atoms. The molecule has 0 radical (unpaired) electrons.